The Morgan fingerprint density at radius 2 is 2.06 bits per heavy atom. The van der Waals surface area contributed by atoms with Gasteiger partial charge >= 0.3 is 0 Å². The van der Waals surface area contributed by atoms with Gasteiger partial charge in [-0.25, -0.2) is 4.39 Å². The molecule has 0 spiro atoms. The zero-order valence-corrected chi connectivity index (χ0v) is 10.7. The van der Waals surface area contributed by atoms with Crippen LogP contribution in [0, 0.1) is 12.7 Å². The molecule has 0 amide bonds. The second kappa shape index (κ2) is 5.61. The smallest absolute Gasteiger partial charge is 0.123 e. The molecule has 1 aliphatic heterocycles. The van der Waals surface area contributed by atoms with Crippen LogP contribution in [0.3, 0.4) is 0 Å². The van der Waals surface area contributed by atoms with Crippen molar-refractivity contribution in [3.63, 3.8) is 0 Å². The van der Waals surface area contributed by atoms with Crippen molar-refractivity contribution in [3.8, 4) is 0 Å². The van der Waals surface area contributed by atoms with Crippen LogP contribution in [0.1, 0.15) is 30.5 Å². The van der Waals surface area contributed by atoms with Crippen LogP contribution >= 0.6 is 0 Å². The van der Waals surface area contributed by atoms with Crippen LogP contribution in [0.4, 0.5) is 4.39 Å². The molecule has 0 bridgehead atoms. The highest BCUT2D eigenvalue weighted by atomic mass is 19.1. The molecule has 0 unspecified atom stereocenters. The highest BCUT2D eigenvalue weighted by molar-refractivity contribution is 5.29. The predicted octanol–water partition coefficient (Wildman–Crippen LogP) is 2.49. The standard InChI is InChI=1S/C14H21FN2/c1-3-14(17-8-6-16-7-9-17)13-10-12(15)5-4-11(13)2/h4-5,10,14,16H,3,6-9H2,1-2H3/t14-/m0/s1. The highest BCUT2D eigenvalue weighted by Crippen LogP contribution is 2.27. The van der Waals surface area contributed by atoms with E-state index in [1.54, 1.807) is 12.1 Å². The Kier molecular flexibility index (Phi) is 4.13. The van der Waals surface area contributed by atoms with Gasteiger partial charge in [-0.05, 0) is 36.6 Å². The van der Waals surface area contributed by atoms with Crippen molar-refractivity contribution in [2.75, 3.05) is 26.2 Å². The predicted molar refractivity (Wildman–Crippen MR) is 68.6 cm³/mol. The van der Waals surface area contributed by atoms with Gasteiger partial charge in [0.25, 0.3) is 0 Å². The lowest BCUT2D eigenvalue weighted by molar-refractivity contribution is 0.168. The zero-order chi connectivity index (χ0) is 12.3. The van der Waals surface area contributed by atoms with Crippen LogP contribution in [0.15, 0.2) is 18.2 Å². The van der Waals surface area contributed by atoms with Crippen molar-refractivity contribution in [1.29, 1.82) is 0 Å². The first-order valence-electron chi connectivity index (χ1n) is 6.43. The molecule has 1 N–H and O–H groups in total. The summed E-state index contributed by atoms with van der Waals surface area (Å²) in [6.07, 6.45) is 1.03. The van der Waals surface area contributed by atoms with Crippen molar-refractivity contribution in [2.24, 2.45) is 0 Å². The van der Waals surface area contributed by atoms with Gasteiger partial charge in [0.05, 0.1) is 0 Å². The van der Waals surface area contributed by atoms with E-state index < -0.39 is 0 Å². The summed E-state index contributed by atoms with van der Waals surface area (Å²) in [6, 6.07) is 5.48. The van der Waals surface area contributed by atoms with Gasteiger partial charge in [0, 0.05) is 32.2 Å². The van der Waals surface area contributed by atoms with Gasteiger partial charge in [-0.15, -0.1) is 0 Å². The SMILES string of the molecule is CC[C@@H](c1cc(F)ccc1C)N1CCNCC1. The molecule has 0 aromatic heterocycles. The van der Waals surface area contributed by atoms with Crippen LogP contribution in [0.5, 0.6) is 0 Å². The maximum absolute atomic E-state index is 13.4. The molecule has 0 radical (unpaired) electrons. The molecule has 94 valence electrons. The summed E-state index contributed by atoms with van der Waals surface area (Å²) in [5, 5.41) is 3.36. The molecule has 2 nitrogen and oxygen atoms in total. The fourth-order valence-corrected chi connectivity index (χ4v) is 2.64. The topological polar surface area (TPSA) is 15.3 Å². The first kappa shape index (κ1) is 12.5. The first-order chi connectivity index (χ1) is 8.22. The summed E-state index contributed by atoms with van der Waals surface area (Å²) >= 11 is 0. The average molecular weight is 236 g/mol. The van der Waals surface area contributed by atoms with Crippen molar-refractivity contribution in [1.82, 2.24) is 10.2 Å². The summed E-state index contributed by atoms with van der Waals surface area (Å²) in [5.74, 6) is -0.126. The fourth-order valence-electron chi connectivity index (χ4n) is 2.64. The van der Waals surface area contributed by atoms with E-state index in [1.165, 1.54) is 5.56 Å². The van der Waals surface area contributed by atoms with Gasteiger partial charge in [-0.1, -0.05) is 13.0 Å². The number of nitrogens with zero attached hydrogens (tertiary/aromatic N) is 1. The molecule has 0 aliphatic carbocycles. The minimum absolute atomic E-state index is 0.126. The van der Waals surface area contributed by atoms with E-state index in [9.17, 15) is 4.39 Å². The summed E-state index contributed by atoms with van der Waals surface area (Å²) in [6.45, 7) is 8.41. The van der Waals surface area contributed by atoms with Gasteiger partial charge in [-0.2, -0.15) is 0 Å². The lowest BCUT2D eigenvalue weighted by atomic mass is 9.97. The Hall–Kier alpha value is -0.930. The summed E-state index contributed by atoms with van der Waals surface area (Å²) in [7, 11) is 0. The Morgan fingerprint density at radius 1 is 1.35 bits per heavy atom. The molecule has 1 fully saturated rings. The summed E-state index contributed by atoms with van der Waals surface area (Å²) < 4.78 is 13.4. The summed E-state index contributed by atoms with van der Waals surface area (Å²) in [5.41, 5.74) is 2.34. The minimum atomic E-state index is -0.126. The Morgan fingerprint density at radius 3 is 2.71 bits per heavy atom. The minimum Gasteiger partial charge on any atom is -0.314 e. The fraction of sp³-hybridized carbons (Fsp3) is 0.571. The number of aryl methyl sites for hydroxylation is 1. The molecule has 1 heterocycles. The quantitative estimate of drug-likeness (QED) is 0.867. The van der Waals surface area contributed by atoms with E-state index >= 15 is 0 Å². The average Bonchev–Trinajstić information content (AvgIpc) is 2.36. The normalized spacial score (nSPS) is 19.2. The van der Waals surface area contributed by atoms with E-state index in [0.29, 0.717) is 6.04 Å². The third-order valence-electron chi connectivity index (χ3n) is 3.58. The van der Waals surface area contributed by atoms with E-state index in [-0.39, 0.29) is 5.82 Å². The number of benzene rings is 1. The lowest BCUT2D eigenvalue weighted by Gasteiger charge is -2.35. The molecule has 1 aromatic carbocycles. The number of rotatable bonds is 3. The van der Waals surface area contributed by atoms with Crippen molar-refractivity contribution < 1.29 is 4.39 Å². The molecule has 1 atom stereocenters. The van der Waals surface area contributed by atoms with E-state index in [4.69, 9.17) is 0 Å². The van der Waals surface area contributed by atoms with Crippen LogP contribution < -0.4 is 5.32 Å². The third kappa shape index (κ3) is 2.85. The van der Waals surface area contributed by atoms with E-state index in [0.717, 1.165) is 38.2 Å². The number of halogens is 1. The Labute approximate surface area is 103 Å². The van der Waals surface area contributed by atoms with Crippen molar-refractivity contribution in [2.45, 2.75) is 26.3 Å². The van der Waals surface area contributed by atoms with Gasteiger partial charge < -0.3 is 5.32 Å². The second-order valence-electron chi connectivity index (χ2n) is 4.71. The number of hydrogen-bond acceptors (Lipinski definition) is 2. The van der Waals surface area contributed by atoms with Crippen LogP contribution in [-0.4, -0.2) is 31.1 Å². The van der Waals surface area contributed by atoms with Gasteiger partial charge in [-0.3, -0.25) is 4.90 Å². The largest absolute Gasteiger partial charge is 0.314 e. The molecule has 1 saturated heterocycles. The monoisotopic (exact) mass is 236 g/mol. The van der Waals surface area contributed by atoms with Gasteiger partial charge in [0.2, 0.25) is 0 Å². The van der Waals surface area contributed by atoms with E-state index in [2.05, 4.69) is 24.1 Å². The molecular formula is C14H21FN2. The molecule has 2 rings (SSSR count). The Balaban J connectivity index is 2.24. The number of hydrogen-bond donors (Lipinski definition) is 1. The zero-order valence-electron chi connectivity index (χ0n) is 10.7. The molecule has 0 saturated carbocycles. The highest BCUT2D eigenvalue weighted by Gasteiger charge is 2.22. The van der Waals surface area contributed by atoms with Crippen LogP contribution in [0.25, 0.3) is 0 Å². The number of nitrogens with one attached hydrogen (secondary N) is 1. The van der Waals surface area contributed by atoms with Crippen molar-refractivity contribution in [3.05, 3.63) is 35.1 Å². The summed E-state index contributed by atoms with van der Waals surface area (Å²) in [4.78, 5) is 2.46. The Bertz CT molecular complexity index is 372. The molecule has 1 aliphatic rings. The van der Waals surface area contributed by atoms with Crippen LogP contribution in [0.2, 0.25) is 0 Å². The maximum Gasteiger partial charge on any atom is 0.123 e. The van der Waals surface area contributed by atoms with Crippen LogP contribution in [-0.2, 0) is 0 Å². The number of piperazine rings is 1. The van der Waals surface area contributed by atoms with E-state index in [1.807, 2.05) is 6.07 Å². The molecular weight excluding hydrogens is 215 g/mol. The molecule has 17 heavy (non-hydrogen) atoms. The first-order valence-corrected chi connectivity index (χ1v) is 6.43. The van der Waals surface area contributed by atoms with Crippen molar-refractivity contribution >= 4 is 0 Å². The maximum atomic E-state index is 13.4. The molecule has 3 heteroatoms. The second-order valence-corrected chi connectivity index (χ2v) is 4.71. The molecule has 1 aromatic rings. The van der Waals surface area contributed by atoms with Gasteiger partial charge in [0.1, 0.15) is 5.82 Å². The van der Waals surface area contributed by atoms with Gasteiger partial charge in [0.15, 0.2) is 0 Å². The third-order valence-corrected chi connectivity index (χ3v) is 3.58. The lowest BCUT2D eigenvalue weighted by Crippen LogP contribution is -2.45.